The molecule has 0 radical (unpaired) electrons. The SMILES string of the molecule is C=CCNc1cc(C(=O)Nc2cc(C)ccc2C)nc(C)n1. The third-order valence-corrected chi connectivity index (χ3v) is 3.14. The highest BCUT2D eigenvalue weighted by Gasteiger charge is 2.12. The number of benzene rings is 1. The summed E-state index contributed by atoms with van der Waals surface area (Å²) in [4.78, 5) is 20.9. The lowest BCUT2D eigenvalue weighted by molar-refractivity contribution is 0.102. The number of nitrogens with one attached hydrogen (secondary N) is 2. The molecule has 2 N–H and O–H groups in total. The second-order valence-corrected chi connectivity index (χ2v) is 5.13. The number of aromatic nitrogens is 2. The van der Waals surface area contributed by atoms with Crippen molar-refractivity contribution in [1.82, 2.24) is 9.97 Å². The number of carbonyl (C=O) groups is 1. The number of rotatable bonds is 5. The van der Waals surface area contributed by atoms with Crippen molar-refractivity contribution in [2.24, 2.45) is 0 Å². The average molecular weight is 296 g/mol. The Morgan fingerprint density at radius 1 is 1.23 bits per heavy atom. The van der Waals surface area contributed by atoms with Crippen molar-refractivity contribution in [3.63, 3.8) is 0 Å². The van der Waals surface area contributed by atoms with E-state index in [1.165, 1.54) is 0 Å². The Bertz CT molecular complexity index is 710. The fourth-order valence-corrected chi connectivity index (χ4v) is 2.01. The number of carbonyl (C=O) groups excluding carboxylic acids is 1. The molecule has 0 fully saturated rings. The molecule has 1 aromatic carbocycles. The van der Waals surface area contributed by atoms with Crippen molar-refractivity contribution in [3.05, 3.63) is 59.6 Å². The normalized spacial score (nSPS) is 10.1. The van der Waals surface area contributed by atoms with Gasteiger partial charge in [0, 0.05) is 18.3 Å². The molecule has 0 aliphatic heterocycles. The highest BCUT2D eigenvalue weighted by Crippen LogP contribution is 2.17. The van der Waals surface area contributed by atoms with Gasteiger partial charge in [0.2, 0.25) is 0 Å². The van der Waals surface area contributed by atoms with E-state index in [9.17, 15) is 4.79 Å². The van der Waals surface area contributed by atoms with E-state index in [0.29, 0.717) is 23.9 Å². The molecule has 0 unspecified atom stereocenters. The first kappa shape index (κ1) is 15.7. The maximum absolute atomic E-state index is 12.4. The lowest BCUT2D eigenvalue weighted by Crippen LogP contribution is -2.16. The van der Waals surface area contributed by atoms with Crippen LogP contribution in [0.1, 0.15) is 27.4 Å². The zero-order chi connectivity index (χ0) is 16.1. The molecule has 1 amide bonds. The van der Waals surface area contributed by atoms with Crippen molar-refractivity contribution in [1.29, 1.82) is 0 Å². The van der Waals surface area contributed by atoms with Crippen molar-refractivity contribution in [2.75, 3.05) is 17.2 Å². The van der Waals surface area contributed by atoms with Crippen LogP contribution >= 0.6 is 0 Å². The minimum Gasteiger partial charge on any atom is -0.366 e. The van der Waals surface area contributed by atoms with Crippen LogP contribution in [0.25, 0.3) is 0 Å². The van der Waals surface area contributed by atoms with E-state index >= 15 is 0 Å². The molecule has 114 valence electrons. The van der Waals surface area contributed by atoms with Crippen LogP contribution in [0.2, 0.25) is 0 Å². The molecule has 0 bridgehead atoms. The van der Waals surface area contributed by atoms with Gasteiger partial charge < -0.3 is 10.6 Å². The minimum absolute atomic E-state index is 0.249. The van der Waals surface area contributed by atoms with Gasteiger partial charge in [-0.2, -0.15) is 0 Å². The summed E-state index contributed by atoms with van der Waals surface area (Å²) in [7, 11) is 0. The number of amides is 1. The Labute approximate surface area is 130 Å². The van der Waals surface area contributed by atoms with Crippen LogP contribution in [0.4, 0.5) is 11.5 Å². The average Bonchev–Trinajstić information content (AvgIpc) is 2.48. The van der Waals surface area contributed by atoms with Crippen molar-refractivity contribution in [3.8, 4) is 0 Å². The molecule has 1 aromatic heterocycles. The molecular weight excluding hydrogens is 276 g/mol. The molecule has 0 saturated carbocycles. The quantitative estimate of drug-likeness (QED) is 0.831. The largest absolute Gasteiger partial charge is 0.366 e. The predicted molar refractivity (Wildman–Crippen MR) is 89.3 cm³/mol. The zero-order valence-corrected chi connectivity index (χ0v) is 13.1. The molecule has 2 rings (SSSR count). The van der Waals surface area contributed by atoms with Gasteiger partial charge in [0.15, 0.2) is 0 Å². The Kier molecular flexibility index (Phi) is 4.88. The maximum Gasteiger partial charge on any atom is 0.274 e. The summed E-state index contributed by atoms with van der Waals surface area (Å²) >= 11 is 0. The van der Waals surface area contributed by atoms with Crippen LogP contribution in [0.5, 0.6) is 0 Å². The van der Waals surface area contributed by atoms with E-state index in [-0.39, 0.29) is 5.91 Å². The fraction of sp³-hybridized carbons (Fsp3) is 0.235. The first-order chi connectivity index (χ1) is 10.5. The van der Waals surface area contributed by atoms with Crippen LogP contribution in [-0.2, 0) is 0 Å². The highest BCUT2D eigenvalue weighted by molar-refractivity contribution is 6.03. The summed E-state index contributed by atoms with van der Waals surface area (Å²) in [6.45, 7) is 9.92. The molecule has 0 spiro atoms. The van der Waals surface area contributed by atoms with Gasteiger partial charge in [-0.05, 0) is 38.0 Å². The van der Waals surface area contributed by atoms with Crippen LogP contribution in [0, 0.1) is 20.8 Å². The summed E-state index contributed by atoms with van der Waals surface area (Å²) in [5.41, 5.74) is 3.23. The van der Waals surface area contributed by atoms with Gasteiger partial charge in [-0.15, -0.1) is 6.58 Å². The number of aryl methyl sites for hydroxylation is 3. The summed E-state index contributed by atoms with van der Waals surface area (Å²) in [6, 6.07) is 7.57. The Hall–Kier alpha value is -2.69. The molecule has 22 heavy (non-hydrogen) atoms. The van der Waals surface area contributed by atoms with E-state index in [0.717, 1.165) is 16.8 Å². The van der Waals surface area contributed by atoms with Crippen LogP contribution < -0.4 is 10.6 Å². The first-order valence-corrected chi connectivity index (χ1v) is 7.08. The fourth-order valence-electron chi connectivity index (χ4n) is 2.01. The predicted octanol–water partition coefficient (Wildman–Crippen LogP) is 3.25. The van der Waals surface area contributed by atoms with Crippen molar-refractivity contribution in [2.45, 2.75) is 20.8 Å². The molecule has 0 aliphatic carbocycles. The summed E-state index contributed by atoms with van der Waals surface area (Å²) in [5, 5.41) is 5.97. The lowest BCUT2D eigenvalue weighted by atomic mass is 10.1. The topological polar surface area (TPSA) is 66.9 Å². The number of nitrogens with zero attached hydrogens (tertiary/aromatic N) is 2. The van der Waals surface area contributed by atoms with Crippen LogP contribution in [0.15, 0.2) is 36.9 Å². The number of hydrogen-bond acceptors (Lipinski definition) is 4. The van der Waals surface area contributed by atoms with E-state index in [1.807, 2.05) is 32.0 Å². The molecule has 5 heteroatoms. The van der Waals surface area contributed by atoms with E-state index in [1.54, 1.807) is 19.1 Å². The second-order valence-electron chi connectivity index (χ2n) is 5.13. The number of anilines is 2. The van der Waals surface area contributed by atoms with E-state index < -0.39 is 0 Å². The van der Waals surface area contributed by atoms with Gasteiger partial charge >= 0.3 is 0 Å². The van der Waals surface area contributed by atoms with Gasteiger partial charge in [0.1, 0.15) is 17.3 Å². The minimum atomic E-state index is -0.249. The molecule has 5 nitrogen and oxygen atoms in total. The second kappa shape index (κ2) is 6.85. The molecule has 2 aromatic rings. The molecule has 1 heterocycles. The first-order valence-electron chi connectivity index (χ1n) is 7.08. The van der Waals surface area contributed by atoms with Crippen molar-refractivity contribution < 1.29 is 4.79 Å². The smallest absolute Gasteiger partial charge is 0.274 e. The van der Waals surface area contributed by atoms with Crippen LogP contribution in [0.3, 0.4) is 0 Å². The van der Waals surface area contributed by atoms with Gasteiger partial charge in [-0.25, -0.2) is 9.97 Å². The van der Waals surface area contributed by atoms with E-state index in [4.69, 9.17) is 0 Å². The lowest BCUT2D eigenvalue weighted by Gasteiger charge is -2.10. The standard InChI is InChI=1S/C17H20N4O/c1-5-8-18-16-10-15(19-13(4)20-16)17(22)21-14-9-11(2)6-7-12(14)3/h5-7,9-10H,1,8H2,2-4H3,(H,21,22)(H,18,19,20). The Morgan fingerprint density at radius 2 is 2.00 bits per heavy atom. The third-order valence-electron chi connectivity index (χ3n) is 3.14. The van der Waals surface area contributed by atoms with Crippen molar-refractivity contribution >= 4 is 17.4 Å². The highest BCUT2D eigenvalue weighted by atomic mass is 16.1. The summed E-state index contributed by atoms with van der Waals surface area (Å²) < 4.78 is 0. The Morgan fingerprint density at radius 3 is 2.73 bits per heavy atom. The zero-order valence-electron chi connectivity index (χ0n) is 13.1. The van der Waals surface area contributed by atoms with Gasteiger partial charge in [0.25, 0.3) is 5.91 Å². The molecule has 0 saturated heterocycles. The third kappa shape index (κ3) is 3.91. The molecule has 0 atom stereocenters. The van der Waals surface area contributed by atoms with Gasteiger partial charge in [0.05, 0.1) is 0 Å². The van der Waals surface area contributed by atoms with Gasteiger partial charge in [-0.3, -0.25) is 4.79 Å². The number of hydrogen-bond donors (Lipinski definition) is 2. The molecule has 0 aliphatic rings. The van der Waals surface area contributed by atoms with Crippen LogP contribution in [-0.4, -0.2) is 22.4 Å². The molecular formula is C17H20N4O. The summed E-state index contributed by atoms with van der Waals surface area (Å²) in [6.07, 6.45) is 1.73. The summed E-state index contributed by atoms with van der Waals surface area (Å²) in [5.74, 6) is 0.902. The maximum atomic E-state index is 12.4. The van der Waals surface area contributed by atoms with E-state index in [2.05, 4.69) is 27.2 Å². The monoisotopic (exact) mass is 296 g/mol. The Balaban J connectivity index is 2.23. The van der Waals surface area contributed by atoms with Gasteiger partial charge in [-0.1, -0.05) is 18.2 Å².